The van der Waals surface area contributed by atoms with Gasteiger partial charge in [-0.15, -0.1) is 0 Å². The normalized spacial score (nSPS) is 10.1. The molecule has 0 atom stereocenters. The average molecular weight is 195 g/mol. The molecule has 0 spiro atoms. The summed E-state index contributed by atoms with van der Waals surface area (Å²) in [6, 6.07) is 5.06. The van der Waals surface area contributed by atoms with Crippen molar-refractivity contribution in [3.63, 3.8) is 0 Å². The maximum Gasteiger partial charge on any atom is 0.278 e. The topological polar surface area (TPSA) is 63.4 Å². The van der Waals surface area contributed by atoms with Crippen LogP contribution in [0.1, 0.15) is 24.5 Å². The zero-order chi connectivity index (χ0) is 10.6. The van der Waals surface area contributed by atoms with Crippen LogP contribution >= 0.6 is 0 Å². The summed E-state index contributed by atoms with van der Waals surface area (Å²) >= 11 is 0. The van der Waals surface area contributed by atoms with Crippen molar-refractivity contribution in [3.8, 4) is 0 Å². The van der Waals surface area contributed by atoms with Crippen LogP contribution in [-0.2, 0) is 13.0 Å². The van der Waals surface area contributed by atoms with Gasteiger partial charge in [0.15, 0.2) is 0 Å². The van der Waals surface area contributed by atoms with Crippen LogP contribution in [0.25, 0.3) is 0 Å². The van der Waals surface area contributed by atoms with Crippen molar-refractivity contribution < 1.29 is 10.0 Å². The fraction of sp³-hybridized carbons (Fsp3) is 0.400. The van der Waals surface area contributed by atoms with Gasteiger partial charge in [0.2, 0.25) is 0 Å². The number of nitrogens with zero attached hydrogens (tertiary/aromatic N) is 1. The molecule has 0 heterocycles. The lowest BCUT2D eigenvalue weighted by Gasteiger charge is -2.04. The summed E-state index contributed by atoms with van der Waals surface area (Å²) in [6.45, 7) is 1.68. The summed E-state index contributed by atoms with van der Waals surface area (Å²) in [6.07, 6.45) is 1.53. The quantitative estimate of drug-likeness (QED) is 0.590. The molecule has 14 heavy (non-hydrogen) atoms. The van der Waals surface area contributed by atoms with Gasteiger partial charge in [-0.25, -0.2) is 0 Å². The standard InChI is InChI=1S/C10H13NO3/c1-2-4-8-5-3-6-9(7-12)10(8)11(13)14/h3,5-6,12H,2,4,7H2,1H3. The molecule has 0 radical (unpaired) electrons. The fourth-order valence-corrected chi connectivity index (χ4v) is 1.48. The van der Waals surface area contributed by atoms with Crippen LogP contribution in [0.5, 0.6) is 0 Å². The molecule has 4 nitrogen and oxygen atoms in total. The number of benzene rings is 1. The van der Waals surface area contributed by atoms with Gasteiger partial charge in [0.1, 0.15) is 0 Å². The molecule has 0 amide bonds. The average Bonchev–Trinajstić information content (AvgIpc) is 2.17. The number of para-hydroxylation sites is 1. The molecule has 0 unspecified atom stereocenters. The van der Waals surface area contributed by atoms with Gasteiger partial charge in [0.25, 0.3) is 5.69 Å². The predicted octanol–water partition coefficient (Wildman–Crippen LogP) is 2.04. The smallest absolute Gasteiger partial charge is 0.278 e. The first kappa shape index (κ1) is 10.7. The summed E-state index contributed by atoms with van der Waals surface area (Å²) in [7, 11) is 0. The van der Waals surface area contributed by atoms with E-state index in [1.54, 1.807) is 18.2 Å². The first-order chi connectivity index (χ1) is 6.70. The molecule has 0 saturated carbocycles. The second-order valence-electron chi connectivity index (χ2n) is 3.09. The predicted molar refractivity (Wildman–Crippen MR) is 53.0 cm³/mol. The number of hydrogen-bond donors (Lipinski definition) is 1. The second kappa shape index (κ2) is 4.72. The summed E-state index contributed by atoms with van der Waals surface area (Å²) in [5.41, 5.74) is 1.15. The number of aryl methyl sites for hydroxylation is 1. The highest BCUT2D eigenvalue weighted by Crippen LogP contribution is 2.24. The number of aliphatic hydroxyl groups is 1. The third-order valence-corrected chi connectivity index (χ3v) is 2.08. The van der Waals surface area contributed by atoms with Crippen LogP contribution in [0.2, 0.25) is 0 Å². The van der Waals surface area contributed by atoms with Gasteiger partial charge in [-0.05, 0) is 12.5 Å². The maximum atomic E-state index is 10.8. The Kier molecular flexibility index (Phi) is 3.59. The van der Waals surface area contributed by atoms with Gasteiger partial charge in [0.05, 0.1) is 17.1 Å². The molecule has 4 heteroatoms. The van der Waals surface area contributed by atoms with Crippen LogP contribution < -0.4 is 0 Å². The first-order valence-electron chi connectivity index (χ1n) is 4.56. The van der Waals surface area contributed by atoms with E-state index in [4.69, 9.17) is 5.11 Å². The Labute approximate surface area is 82.3 Å². The zero-order valence-corrected chi connectivity index (χ0v) is 8.06. The molecule has 1 rings (SSSR count). The van der Waals surface area contributed by atoms with Gasteiger partial charge in [0, 0.05) is 5.56 Å². The second-order valence-corrected chi connectivity index (χ2v) is 3.09. The van der Waals surface area contributed by atoms with Crippen molar-refractivity contribution in [1.29, 1.82) is 0 Å². The van der Waals surface area contributed by atoms with Gasteiger partial charge >= 0.3 is 0 Å². The van der Waals surface area contributed by atoms with Crippen molar-refractivity contribution in [3.05, 3.63) is 39.4 Å². The molecule has 0 aromatic heterocycles. The number of nitro benzene ring substituents is 1. The first-order valence-corrected chi connectivity index (χ1v) is 4.56. The van der Waals surface area contributed by atoms with Gasteiger partial charge in [-0.2, -0.15) is 0 Å². The third-order valence-electron chi connectivity index (χ3n) is 2.08. The summed E-state index contributed by atoms with van der Waals surface area (Å²) in [5.74, 6) is 0. The van der Waals surface area contributed by atoms with Crippen LogP contribution in [0.3, 0.4) is 0 Å². The highest BCUT2D eigenvalue weighted by Gasteiger charge is 2.17. The molecular weight excluding hydrogens is 182 g/mol. The summed E-state index contributed by atoms with van der Waals surface area (Å²) < 4.78 is 0. The van der Waals surface area contributed by atoms with Gasteiger partial charge < -0.3 is 5.11 Å². The Bertz CT molecular complexity index is 336. The monoisotopic (exact) mass is 195 g/mol. The largest absolute Gasteiger partial charge is 0.391 e. The fourth-order valence-electron chi connectivity index (χ4n) is 1.48. The van der Waals surface area contributed by atoms with E-state index >= 15 is 0 Å². The highest BCUT2D eigenvalue weighted by atomic mass is 16.6. The molecule has 76 valence electrons. The highest BCUT2D eigenvalue weighted by molar-refractivity contribution is 5.47. The van der Waals surface area contributed by atoms with E-state index in [9.17, 15) is 10.1 Å². The van der Waals surface area contributed by atoms with E-state index in [0.717, 1.165) is 6.42 Å². The van der Waals surface area contributed by atoms with E-state index in [2.05, 4.69) is 0 Å². The van der Waals surface area contributed by atoms with Crippen molar-refractivity contribution in [2.45, 2.75) is 26.4 Å². The van der Waals surface area contributed by atoms with Crippen LogP contribution in [-0.4, -0.2) is 10.0 Å². The molecule has 0 aliphatic carbocycles. The van der Waals surface area contributed by atoms with Crippen LogP contribution in [0.15, 0.2) is 18.2 Å². The lowest BCUT2D eigenvalue weighted by Crippen LogP contribution is -2.00. The van der Waals surface area contributed by atoms with E-state index in [1.165, 1.54) is 0 Å². The summed E-state index contributed by atoms with van der Waals surface area (Å²) in [5, 5.41) is 19.7. The Balaban J connectivity index is 3.20. The number of aliphatic hydroxyl groups excluding tert-OH is 1. The Morgan fingerprint density at radius 2 is 2.07 bits per heavy atom. The molecule has 1 aromatic rings. The zero-order valence-electron chi connectivity index (χ0n) is 8.06. The van der Waals surface area contributed by atoms with Crippen molar-refractivity contribution in [2.75, 3.05) is 0 Å². The van der Waals surface area contributed by atoms with Crippen molar-refractivity contribution in [1.82, 2.24) is 0 Å². The molecule has 0 bridgehead atoms. The number of rotatable bonds is 4. The van der Waals surface area contributed by atoms with Crippen LogP contribution in [0, 0.1) is 10.1 Å². The molecule has 1 N–H and O–H groups in total. The Morgan fingerprint density at radius 3 is 2.57 bits per heavy atom. The number of nitro groups is 1. The van der Waals surface area contributed by atoms with E-state index < -0.39 is 4.92 Å². The Hall–Kier alpha value is -1.42. The molecule has 0 aliphatic heterocycles. The maximum absolute atomic E-state index is 10.8. The van der Waals surface area contributed by atoms with Crippen molar-refractivity contribution >= 4 is 5.69 Å². The van der Waals surface area contributed by atoms with Gasteiger partial charge in [-0.3, -0.25) is 10.1 Å². The summed E-state index contributed by atoms with van der Waals surface area (Å²) in [4.78, 5) is 10.4. The molecule has 0 fully saturated rings. The third kappa shape index (κ3) is 2.09. The minimum atomic E-state index is -0.420. The van der Waals surface area contributed by atoms with Crippen molar-refractivity contribution in [2.24, 2.45) is 0 Å². The minimum Gasteiger partial charge on any atom is -0.391 e. The minimum absolute atomic E-state index is 0.0665. The molecular formula is C10H13NO3. The lowest BCUT2D eigenvalue weighted by molar-refractivity contribution is -0.386. The SMILES string of the molecule is CCCc1cccc(CO)c1[N+](=O)[O-]. The molecule has 1 aromatic carbocycles. The van der Waals surface area contributed by atoms with Gasteiger partial charge in [-0.1, -0.05) is 25.5 Å². The molecule has 0 aliphatic rings. The Morgan fingerprint density at radius 1 is 1.43 bits per heavy atom. The van der Waals surface area contributed by atoms with Crippen LogP contribution in [0.4, 0.5) is 5.69 Å². The lowest BCUT2D eigenvalue weighted by atomic mass is 10.0. The van der Waals surface area contributed by atoms with E-state index in [0.29, 0.717) is 17.5 Å². The van der Waals surface area contributed by atoms with E-state index in [-0.39, 0.29) is 12.3 Å². The number of hydrogen-bond acceptors (Lipinski definition) is 3. The molecule has 0 saturated heterocycles. The van der Waals surface area contributed by atoms with E-state index in [1.807, 2.05) is 6.92 Å².